The smallest absolute Gasteiger partial charge is 0.243 e. The second-order valence-electron chi connectivity index (χ2n) is 9.43. The molecule has 0 spiro atoms. The van der Waals surface area contributed by atoms with Crippen LogP contribution in [0.4, 0.5) is 0 Å². The van der Waals surface area contributed by atoms with Crippen LogP contribution in [0.5, 0.6) is 5.88 Å². The summed E-state index contributed by atoms with van der Waals surface area (Å²) in [5.74, 6) is 1.13. The predicted molar refractivity (Wildman–Crippen MR) is 129 cm³/mol. The summed E-state index contributed by atoms with van der Waals surface area (Å²) in [6.45, 7) is 2.46. The Balaban J connectivity index is 1.10. The molecule has 1 aliphatic carbocycles. The molecule has 0 bridgehead atoms. The molecule has 2 atom stereocenters. The quantitative estimate of drug-likeness (QED) is 0.542. The molecule has 8 heteroatoms. The molecular weight excluding hydrogens is 448 g/mol. The number of ether oxygens (including phenoxy) is 1. The number of aromatic nitrogens is 2. The normalized spacial score (nSPS) is 23.5. The van der Waals surface area contributed by atoms with E-state index in [9.17, 15) is 8.42 Å². The van der Waals surface area contributed by atoms with E-state index in [4.69, 9.17) is 4.74 Å². The highest BCUT2D eigenvalue weighted by Crippen LogP contribution is 2.38. The maximum absolute atomic E-state index is 13.3. The fraction of sp³-hybridized carbons (Fsp3) is 0.385. The lowest BCUT2D eigenvalue weighted by Gasteiger charge is -2.36. The summed E-state index contributed by atoms with van der Waals surface area (Å²) in [7, 11) is -3.54. The lowest BCUT2D eigenvalue weighted by atomic mass is 10.1. The first-order valence-electron chi connectivity index (χ1n) is 11.9. The SMILES string of the molecule is O=S(=O)(c1ccc(-c2ccccc2)cc1)N1CCN2C[C@@H](Oc3cnc(C4CC4)cn3)C[C@H]2C1. The molecule has 1 aromatic heterocycles. The van der Waals surface area contributed by atoms with Crippen molar-refractivity contribution in [2.75, 3.05) is 26.2 Å². The monoisotopic (exact) mass is 476 g/mol. The van der Waals surface area contributed by atoms with Crippen molar-refractivity contribution in [2.45, 2.75) is 42.2 Å². The van der Waals surface area contributed by atoms with E-state index in [0.29, 0.717) is 36.3 Å². The number of nitrogens with zero attached hydrogens (tertiary/aromatic N) is 4. The molecule has 3 heterocycles. The van der Waals surface area contributed by atoms with Crippen molar-refractivity contribution in [2.24, 2.45) is 0 Å². The molecule has 0 N–H and O–H groups in total. The van der Waals surface area contributed by atoms with Crippen molar-refractivity contribution < 1.29 is 13.2 Å². The molecule has 0 unspecified atom stereocenters. The Morgan fingerprint density at radius 3 is 2.32 bits per heavy atom. The fourth-order valence-corrected chi connectivity index (χ4v) is 6.49. The molecule has 0 radical (unpaired) electrons. The summed E-state index contributed by atoms with van der Waals surface area (Å²) in [4.78, 5) is 11.6. The van der Waals surface area contributed by atoms with Crippen LogP contribution in [0, 0.1) is 0 Å². The molecule has 1 saturated carbocycles. The first kappa shape index (κ1) is 21.7. The highest BCUT2D eigenvalue weighted by Gasteiger charge is 2.41. The van der Waals surface area contributed by atoms with Gasteiger partial charge < -0.3 is 4.74 Å². The van der Waals surface area contributed by atoms with Gasteiger partial charge in [0, 0.05) is 44.6 Å². The number of fused-ring (bicyclic) bond motifs is 1. The molecule has 2 aliphatic heterocycles. The van der Waals surface area contributed by atoms with E-state index in [1.54, 1.807) is 22.6 Å². The van der Waals surface area contributed by atoms with E-state index in [1.165, 1.54) is 12.8 Å². The minimum Gasteiger partial charge on any atom is -0.472 e. The minimum atomic E-state index is -3.54. The zero-order chi connectivity index (χ0) is 23.1. The molecule has 176 valence electrons. The second-order valence-corrected chi connectivity index (χ2v) is 11.4. The topological polar surface area (TPSA) is 75.6 Å². The third kappa shape index (κ3) is 4.33. The molecule has 3 aliphatic rings. The predicted octanol–water partition coefficient (Wildman–Crippen LogP) is 3.55. The summed E-state index contributed by atoms with van der Waals surface area (Å²) in [5.41, 5.74) is 3.13. The van der Waals surface area contributed by atoms with Gasteiger partial charge in [-0.1, -0.05) is 42.5 Å². The van der Waals surface area contributed by atoms with Crippen molar-refractivity contribution in [3.8, 4) is 17.0 Å². The van der Waals surface area contributed by atoms with Crippen molar-refractivity contribution in [3.63, 3.8) is 0 Å². The number of benzene rings is 2. The lowest BCUT2D eigenvalue weighted by molar-refractivity contribution is 0.151. The molecule has 2 aromatic carbocycles. The second kappa shape index (κ2) is 8.76. The van der Waals surface area contributed by atoms with Gasteiger partial charge >= 0.3 is 0 Å². The van der Waals surface area contributed by atoms with Crippen LogP contribution in [-0.4, -0.2) is 65.9 Å². The highest BCUT2D eigenvalue weighted by molar-refractivity contribution is 7.89. The van der Waals surface area contributed by atoms with Crippen LogP contribution in [0.3, 0.4) is 0 Å². The van der Waals surface area contributed by atoms with Gasteiger partial charge in [0.1, 0.15) is 6.10 Å². The summed E-state index contributed by atoms with van der Waals surface area (Å²) >= 11 is 0. The van der Waals surface area contributed by atoms with Crippen molar-refractivity contribution in [1.82, 2.24) is 19.2 Å². The van der Waals surface area contributed by atoms with Gasteiger partial charge in [-0.05, 0) is 36.1 Å². The van der Waals surface area contributed by atoms with Crippen molar-refractivity contribution in [3.05, 3.63) is 72.7 Å². The van der Waals surface area contributed by atoms with E-state index in [2.05, 4.69) is 14.9 Å². The molecule has 3 fully saturated rings. The largest absolute Gasteiger partial charge is 0.472 e. The van der Waals surface area contributed by atoms with Crippen molar-refractivity contribution in [1.29, 1.82) is 0 Å². The van der Waals surface area contributed by atoms with E-state index >= 15 is 0 Å². The zero-order valence-electron chi connectivity index (χ0n) is 19.0. The molecule has 3 aromatic rings. The molecular formula is C26H28N4O3S. The van der Waals surface area contributed by atoms with Gasteiger partial charge in [-0.15, -0.1) is 0 Å². The zero-order valence-corrected chi connectivity index (χ0v) is 19.8. The Morgan fingerprint density at radius 1 is 0.853 bits per heavy atom. The van der Waals surface area contributed by atoms with Gasteiger partial charge in [-0.3, -0.25) is 9.88 Å². The highest BCUT2D eigenvalue weighted by atomic mass is 32.2. The van der Waals surface area contributed by atoms with Gasteiger partial charge in [-0.25, -0.2) is 13.4 Å². The molecule has 2 saturated heterocycles. The summed E-state index contributed by atoms with van der Waals surface area (Å²) in [5, 5.41) is 0. The Morgan fingerprint density at radius 2 is 1.62 bits per heavy atom. The van der Waals surface area contributed by atoms with Crippen LogP contribution >= 0.6 is 0 Å². The molecule has 34 heavy (non-hydrogen) atoms. The Bertz CT molecular complexity index is 1250. The number of rotatable bonds is 6. The lowest BCUT2D eigenvalue weighted by Crippen LogP contribution is -2.51. The van der Waals surface area contributed by atoms with Crippen LogP contribution in [0.2, 0.25) is 0 Å². The van der Waals surface area contributed by atoms with E-state index < -0.39 is 10.0 Å². The van der Waals surface area contributed by atoms with Crippen LogP contribution in [0.25, 0.3) is 11.1 Å². The summed E-state index contributed by atoms with van der Waals surface area (Å²) < 4.78 is 34.4. The van der Waals surface area contributed by atoms with Gasteiger partial charge in [0.2, 0.25) is 15.9 Å². The van der Waals surface area contributed by atoms with Gasteiger partial charge in [0.25, 0.3) is 0 Å². The van der Waals surface area contributed by atoms with E-state index in [0.717, 1.165) is 29.8 Å². The first-order chi connectivity index (χ1) is 16.6. The minimum absolute atomic E-state index is 0.00103. The molecule has 6 rings (SSSR count). The maximum atomic E-state index is 13.3. The number of hydrogen-bond acceptors (Lipinski definition) is 6. The summed E-state index contributed by atoms with van der Waals surface area (Å²) in [6, 6.07) is 17.3. The van der Waals surface area contributed by atoms with Crippen LogP contribution in [0.15, 0.2) is 71.9 Å². The number of sulfonamides is 1. The van der Waals surface area contributed by atoms with Gasteiger partial charge in [0.15, 0.2) is 0 Å². The van der Waals surface area contributed by atoms with Crippen LogP contribution < -0.4 is 4.74 Å². The first-order valence-corrected chi connectivity index (χ1v) is 13.4. The maximum Gasteiger partial charge on any atom is 0.243 e. The number of hydrogen-bond donors (Lipinski definition) is 0. The van der Waals surface area contributed by atoms with E-state index in [-0.39, 0.29) is 12.1 Å². The van der Waals surface area contributed by atoms with Crippen LogP contribution in [-0.2, 0) is 10.0 Å². The van der Waals surface area contributed by atoms with Crippen LogP contribution in [0.1, 0.15) is 30.9 Å². The molecule has 7 nitrogen and oxygen atoms in total. The average Bonchev–Trinajstić information content (AvgIpc) is 3.64. The summed E-state index contributed by atoms with van der Waals surface area (Å²) in [6.07, 6.45) is 6.73. The Hall–Kier alpha value is -2.81. The standard InChI is InChI=1S/C26H28N4O3S/c31-34(32,24-10-8-20(9-11-24)19-4-2-1-3-5-19)30-13-12-29-18-23(14-22(29)17-30)33-26-16-27-25(15-28-26)21-6-7-21/h1-5,8-11,15-16,21-23H,6-7,12-14,17-18H2/t22-,23-/m0/s1. The van der Waals surface area contributed by atoms with Crippen molar-refractivity contribution >= 4 is 10.0 Å². The van der Waals surface area contributed by atoms with E-state index in [1.807, 2.05) is 48.7 Å². The van der Waals surface area contributed by atoms with Gasteiger partial charge in [-0.2, -0.15) is 4.31 Å². The Labute approximate surface area is 200 Å². The third-order valence-electron chi connectivity index (χ3n) is 7.07. The molecule has 0 amide bonds. The Kier molecular flexibility index (Phi) is 5.59. The van der Waals surface area contributed by atoms with Gasteiger partial charge in [0.05, 0.1) is 23.0 Å². The number of piperazine rings is 1. The fourth-order valence-electron chi connectivity index (χ4n) is 5.02. The third-order valence-corrected chi connectivity index (χ3v) is 8.95. The average molecular weight is 477 g/mol.